The topological polar surface area (TPSA) is 20.3 Å². The minimum atomic E-state index is 0.288. The second-order valence-electron chi connectivity index (χ2n) is 5.20. The van der Waals surface area contributed by atoms with Crippen molar-refractivity contribution in [3.8, 4) is 0 Å². The van der Waals surface area contributed by atoms with Gasteiger partial charge in [0.25, 0.3) is 0 Å². The molecular formula is C11H21NO. The molecule has 0 aromatic heterocycles. The van der Waals surface area contributed by atoms with Crippen LogP contribution in [-0.4, -0.2) is 29.8 Å². The summed E-state index contributed by atoms with van der Waals surface area (Å²) in [5, 5.41) is 0. The van der Waals surface area contributed by atoms with Crippen LogP contribution in [0, 0.1) is 5.41 Å². The molecule has 1 aliphatic heterocycles. The number of hydrogen-bond acceptors (Lipinski definition) is 2. The first-order valence-corrected chi connectivity index (χ1v) is 5.15. The molecule has 1 saturated heterocycles. The molecule has 1 atom stereocenters. The lowest BCUT2D eigenvalue weighted by Gasteiger charge is -2.34. The lowest BCUT2D eigenvalue weighted by molar-refractivity contribution is -0.118. The molecule has 1 heterocycles. The summed E-state index contributed by atoms with van der Waals surface area (Å²) in [5.41, 5.74) is 0.311. The normalized spacial score (nSPS) is 25.1. The largest absolute Gasteiger partial charge is 0.299 e. The third kappa shape index (κ3) is 2.80. The number of carbonyl (C=O) groups excluding carboxylic acids is 1. The number of ketones is 1. The second kappa shape index (κ2) is 3.79. The van der Waals surface area contributed by atoms with E-state index in [2.05, 4.69) is 25.7 Å². The number of carbonyl (C=O) groups is 1. The Morgan fingerprint density at radius 3 is 2.54 bits per heavy atom. The van der Waals surface area contributed by atoms with Gasteiger partial charge in [0.05, 0.1) is 6.54 Å². The van der Waals surface area contributed by atoms with Gasteiger partial charge in [-0.1, -0.05) is 20.8 Å². The monoisotopic (exact) mass is 183 g/mol. The maximum absolute atomic E-state index is 11.0. The molecule has 1 aliphatic rings. The summed E-state index contributed by atoms with van der Waals surface area (Å²) < 4.78 is 0. The van der Waals surface area contributed by atoms with Crippen molar-refractivity contribution in [2.75, 3.05) is 13.1 Å². The van der Waals surface area contributed by atoms with E-state index in [-0.39, 0.29) is 5.78 Å². The smallest absolute Gasteiger partial charge is 0.143 e. The molecular weight excluding hydrogens is 162 g/mol. The molecule has 1 fully saturated rings. The van der Waals surface area contributed by atoms with E-state index in [1.165, 1.54) is 12.8 Å². The molecule has 0 N–H and O–H groups in total. The molecule has 0 aliphatic carbocycles. The molecule has 2 heteroatoms. The predicted octanol–water partition coefficient (Wildman–Crippen LogP) is 2.09. The highest BCUT2D eigenvalue weighted by Crippen LogP contribution is 2.32. The van der Waals surface area contributed by atoms with Gasteiger partial charge in [-0.05, 0) is 31.7 Å². The van der Waals surface area contributed by atoms with E-state index in [0.29, 0.717) is 18.0 Å². The van der Waals surface area contributed by atoms with Crippen LogP contribution in [0.25, 0.3) is 0 Å². The molecule has 1 rings (SSSR count). The van der Waals surface area contributed by atoms with Gasteiger partial charge in [-0.3, -0.25) is 9.69 Å². The van der Waals surface area contributed by atoms with Crippen LogP contribution < -0.4 is 0 Å². The number of likely N-dealkylation sites (tertiary alicyclic amines) is 1. The van der Waals surface area contributed by atoms with Crippen LogP contribution in [0.5, 0.6) is 0 Å². The van der Waals surface area contributed by atoms with Crippen LogP contribution in [-0.2, 0) is 4.79 Å². The highest BCUT2D eigenvalue weighted by atomic mass is 16.1. The maximum atomic E-state index is 11.0. The molecule has 1 unspecified atom stereocenters. The van der Waals surface area contributed by atoms with Crippen molar-refractivity contribution in [3.05, 3.63) is 0 Å². The Morgan fingerprint density at radius 2 is 2.08 bits per heavy atom. The third-order valence-electron chi connectivity index (χ3n) is 2.79. The highest BCUT2D eigenvalue weighted by molar-refractivity contribution is 5.77. The molecule has 76 valence electrons. The zero-order valence-corrected chi connectivity index (χ0v) is 9.26. The highest BCUT2D eigenvalue weighted by Gasteiger charge is 2.34. The van der Waals surface area contributed by atoms with Crippen LogP contribution in [0.4, 0.5) is 0 Å². The van der Waals surface area contributed by atoms with Gasteiger partial charge in [0, 0.05) is 6.04 Å². The Kier molecular flexibility index (Phi) is 3.12. The van der Waals surface area contributed by atoms with Crippen LogP contribution in [0.15, 0.2) is 0 Å². The van der Waals surface area contributed by atoms with Crippen LogP contribution in [0.3, 0.4) is 0 Å². The average molecular weight is 183 g/mol. The summed E-state index contributed by atoms with van der Waals surface area (Å²) in [6, 6.07) is 0.594. The van der Waals surface area contributed by atoms with E-state index in [0.717, 1.165) is 6.54 Å². The quantitative estimate of drug-likeness (QED) is 0.653. The van der Waals surface area contributed by atoms with Gasteiger partial charge < -0.3 is 0 Å². The van der Waals surface area contributed by atoms with Gasteiger partial charge >= 0.3 is 0 Å². The number of hydrogen-bond donors (Lipinski definition) is 0. The van der Waals surface area contributed by atoms with Gasteiger partial charge in [-0.15, -0.1) is 0 Å². The van der Waals surface area contributed by atoms with E-state index in [1.807, 2.05) is 0 Å². The fourth-order valence-electron chi connectivity index (χ4n) is 2.28. The Balaban J connectivity index is 2.59. The molecule has 2 nitrogen and oxygen atoms in total. The number of rotatable bonds is 2. The van der Waals surface area contributed by atoms with E-state index < -0.39 is 0 Å². The Hall–Kier alpha value is -0.370. The molecule has 0 saturated carbocycles. The van der Waals surface area contributed by atoms with Crippen molar-refractivity contribution in [1.82, 2.24) is 4.90 Å². The fourth-order valence-corrected chi connectivity index (χ4v) is 2.28. The minimum absolute atomic E-state index is 0.288. The Morgan fingerprint density at radius 1 is 1.46 bits per heavy atom. The summed E-state index contributed by atoms with van der Waals surface area (Å²) in [6.07, 6.45) is 2.49. The summed E-state index contributed by atoms with van der Waals surface area (Å²) >= 11 is 0. The summed E-state index contributed by atoms with van der Waals surface area (Å²) in [4.78, 5) is 13.4. The van der Waals surface area contributed by atoms with Crippen molar-refractivity contribution in [1.29, 1.82) is 0 Å². The second-order valence-corrected chi connectivity index (χ2v) is 5.20. The van der Waals surface area contributed by atoms with E-state index in [4.69, 9.17) is 0 Å². The van der Waals surface area contributed by atoms with Crippen molar-refractivity contribution in [2.45, 2.75) is 46.6 Å². The van der Waals surface area contributed by atoms with Gasteiger partial charge in [-0.2, -0.15) is 0 Å². The van der Waals surface area contributed by atoms with Gasteiger partial charge in [0.15, 0.2) is 0 Å². The lowest BCUT2D eigenvalue weighted by atomic mass is 9.85. The maximum Gasteiger partial charge on any atom is 0.143 e. The van der Waals surface area contributed by atoms with Crippen LogP contribution in [0.2, 0.25) is 0 Å². The van der Waals surface area contributed by atoms with Gasteiger partial charge in [0.2, 0.25) is 0 Å². The number of Topliss-reactive ketones (excluding diaryl/α,β-unsaturated/α-hetero) is 1. The Bertz CT molecular complexity index is 193. The van der Waals surface area contributed by atoms with E-state index >= 15 is 0 Å². The molecule has 0 aromatic rings. The third-order valence-corrected chi connectivity index (χ3v) is 2.79. The SMILES string of the molecule is CC(=O)CN1CCCC1C(C)(C)C. The predicted molar refractivity (Wildman–Crippen MR) is 54.7 cm³/mol. The van der Waals surface area contributed by atoms with Crippen LogP contribution in [0.1, 0.15) is 40.5 Å². The first-order valence-electron chi connectivity index (χ1n) is 5.15. The van der Waals surface area contributed by atoms with Gasteiger partial charge in [0.1, 0.15) is 5.78 Å². The van der Waals surface area contributed by atoms with Gasteiger partial charge in [-0.25, -0.2) is 0 Å². The lowest BCUT2D eigenvalue weighted by Crippen LogP contribution is -2.41. The molecule has 13 heavy (non-hydrogen) atoms. The van der Waals surface area contributed by atoms with Crippen molar-refractivity contribution in [3.63, 3.8) is 0 Å². The van der Waals surface area contributed by atoms with E-state index in [9.17, 15) is 4.79 Å². The zero-order chi connectivity index (χ0) is 10.1. The first kappa shape index (κ1) is 10.7. The molecule has 0 amide bonds. The van der Waals surface area contributed by atoms with E-state index in [1.54, 1.807) is 6.92 Å². The molecule has 0 bridgehead atoms. The van der Waals surface area contributed by atoms with Crippen molar-refractivity contribution in [2.24, 2.45) is 5.41 Å². The minimum Gasteiger partial charge on any atom is -0.299 e. The molecule has 0 aromatic carbocycles. The Labute approximate surface area is 81.3 Å². The van der Waals surface area contributed by atoms with Crippen molar-refractivity contribution < 1.29 is 4.79 Å². The standard InChI is InChI=1S/C11H21NO/c1-9(13)8-12-7-5-6-10(12)11(2,3)4/h10H,5-8H2,1-4H3. The molecule has 0 spiro atoms. The average Bonchev–Trinajstić information content (AvgIpc) is 2.31. The number of nitrogens with zero attached hydrogens (tertiary/aromatic N) is 1. The van der Waals surface area contributed by atoms with Crippen molar-refractivity contribution >= 4 is 5.78 Å². The summed E-state index contributed by atoms with van der Waals surface area (Å²) in [6.45, 7) is 10.2. The fraction of sp³-hybridized carbons (Fsp3) is 0.909. The van der Waals surface area contributed by atoms with Crippen LogP contribution >= 0.6 is 0 Å². The zero-order valence-electron chi connectivity index (χ0n) is 9.26. The molecule has 0 radical (unpaired) electrons. The summed E-state index contributed by atoms with van der Waals surface area (Å²) in [7, 11) is 0. The summed E-state index contributed by atoms with van der Waals surface area (Å²) in [5.74, 6) is 0.288. The first-order chi connectivity index (χ1) is 5.91.